The van der Waals surface area contributed by atoms with Gasteiger partial charge >= 0.3 is 5.69 Å². The summed E-state index contributed by atoms with van der Waals surface area (Å²) >= 11 is 2.02. The number of aromatic nitrogens is 5. The highest BCUT2D eigenvalue weighted by atomic mass is 127. The Hall–Kier alpha value is -2.31. The lowest BCUT2D eigenvalue weighted by atomic mass is 9.89. The van der Waals surface area contributed by atoms with E-state index in [9.17, 15) is 18.4 Å². The fourth-order valence-corrected chi connectivity index (χ4v) is 3.64. The zero-order valence-corrected chi connectivity index (χ0v) is 16.6. The van der Waals surface area contributed by atoms with Crippen LogP contribution in [0.25, 0.3) is 11.3 Å². The zero-order valence-electron chi connectivity index (χ0n) is 14.4. The van der Waals surface area contributed by atoms with Crippen LogP contribution in [0.5, 0.6) is 0 Å². The summed E-state index contributed by atoms with van der Waals surface area (Å²) in [6.07, 6.45) is 2.86. The molecule has 1 aliphatic heterocycles. The summed E-state index contributed by atoms with van der Waals surface area (Å²) in [6.45, 7) is 2.75. The molecule has 142 valence electrons. The van der Waals surface area contributed by atoms with E-state index < -0.39 is 29.1 Å². The maximum Gasteiger partial charge on any atom is 0.334 e. The van der Waals surface area contributed by atoms with Crippen LogP contribution >= 0.6 is 22.6 Å². The molecule has 4 heterocycles. The molecule has 0 aliphatic carbocycles. The third kappa shape index (κ3) is 2.84. The van der Waals surface area contributed by atoms with E-state index in [1.807, 2.05) is 22.6 Å². The van der Waals surface area contributed by atoms with Crippen LogP contribution in [0.3, 0.4) is 0 Å². The SMILES string of the molecule is CC1(C)CN(c2ncc(I)n3nc(-n4ccc(=O)[nH]c4=O)cc23)CC1(F)F. The van der Waals surface area contributed by atoms with Gasteiger partial charge in [-0.3, -0.25) is 14.3 Å². The Bertz CT molecular complexity index is 1150. The minimum absolute atomic E-state index is 0.141. The first kappa shape index (κ1) is 18.1. The number of H-pyrrole nitrogens is 1. The second-order valence-electron chi connectivity index (χ2n) is 7.13. The number of halogens is 3. The number of hydrogen-bond acceptors (Lipinski definition) is 5. The van der Waals surface area contributed by atoms with E-state index in [2.05, 4.69) is 15.1 Å². The number of rotatable bonds is 2. The van der Waals surface area contributed by atoms with Crippen molar-refractivity contribution in [1.29, 1.82) is 0 Å². The summed E-state index contributed by atoms with van der Waals surface area (Å²) in [7, 11) is 0. The fourth-order valence-electron chi connectivity index (χ4n) is 3.14. The molecule has 27 heavy (non-hydrogen) atoms. The molecule has 0 saturated carbocycles. The summed E-state index contributed by atoms with van der Waals surface area (Å²) in [5, 5.41) is 4.37. The van der Waals surface area contributed by atoms with Crippen LogP contribution < -0.4 is 16.1 Å². The van der Waals surface area contributed by atoms with Gasteiger partial charge in [-0.25, -0.2) is 23.1 Å². The molecule has 3 aromatic heterocycles. The van der Waals surface area contributed by atoms with Crippen molar-refractivity contribution in [2.45, 2.75) is 19.8 Å². The molecule has 0 unspecified atom stereocenters. The van der Waals surface area contributed by atoms with Crippen molar-refractivity contribution in [3.63, 3.8) is 0 Å². The molecule has 1 N–H and O–H groups in total. The highest BCUT2D eigenvalue weighted by Gasteiger charge is 2.54. The van der Waals surface area contributed by atoms with E-state index in [-0.39, 0.29) is 12.4 Å². The predicted molar refractivity (Wildman–Crippen MR) is 103 cm³/mol. The van der Waals surface area contributed by atoms with Gasteiger partial charge in [-0.1, -0.05) is 13.8 Å². The molecule has 1 saturated heterocycles. The highest BCUT2D eigenvalue weighted by molar-refractivity contribution is 14.1. The Balaban J connectivity index is 1.87. The van der Waals surface area contributed by atoms with Crippen LogP contribution in [0, 0.1) is 9.12 Å². The van der Waals surface area contributed by atoms with Crippen molar-refractivity contribution in [1.82, 2.24) is 24.1 Å². The molecule has 4 rings (SSSR count). The average molecular weight is 488 g/mol. The lowest BCUT2D eigenvalue weighted by Gasteiger charge is -2.24. The van der Waals surface area contributed by atoms with Crippen LogP contribution in [0.2, 0.25) is 0 Å². The molecule has 8 nitrogen and oxygen atoms in total. The second kappa shape index (κ2) is 5.84. The Morgan fingerprint density at radius 1 is 1.26 bits per heavy atom. The molecular formula is C16H15F2IN6O2. The van der Waals surface area contributed by atoms with Crippen molar-refractivity contribution in [2.75, 3.05) is 18.0 Å². The molecule has 1 aliphatic rings. The summed E-state index contributed by atoms with van der Waals surface area (Å²) in [5.41, 5.74) is -1.83. The van der Waals surface area contributed by atoms with Gasteiger partial charge in [-0.05, 0) is 22.6 Å². The van der Waals surface area contributed by atoms with Gasteiger partial charge in [0.25, 0.3) is 11.5 Å². The monoisotopic (exact) mass is 488 g/mol. The van der Waals surface area contributed by atoms with Gasteiger partial charge in [0.15, 0.2) is 11.6 Å². The first-order valence-corrected chi connectivity index (χ1v) is 9.16. The Morgan fingerprint density at radius 3 is 2.63 bits per heavy atom. The summed E-state index contributed by atoms with van der Waals surface area (Å²) in [5.74, 6) is -2.22. The molecule has 1 fully saturated rings. The third-order valence-corrected chi connectivity index (χ3v) is 5.49. The van der Waals surface area contributed by atoms with E-state index in [0.717, 1.165) is 0 Å². The summed E-state index contributed by atoms with van der Waals surface area (Å²) in [4.78, 5) is 31.4. The van der Waals surface area contributed by atoms with Crippen molar-refractivity contribution >= 4 is 33.9 Å². The number of anilines is 1. The fraction of sp³-hybridized carbons (Fsp3) is 0.375. The smallest absolute Gasteiger partial charge is 0.334 e. The van der Waals surface area contributed by atoms with Gasteiger partial charge in [0, 0.05) is 30.3 Å². The number of fused-ring (bicyclic) bond motifs is 1. The van der Waals surface area contributed by atoms with Crippen LogP contribution in [0.1, 0.15) is 13.8 Å². The Labute approximate surface area is 165 Å². The Morgan fingerprint density at radius 2 is 2.00 bits per heavy atom. The van der Waals surface area contributed by atoms with E-state index in [0.29, 0.717) is 15.0 Å². The normalized spacial score (nSPS) is 18.3. The van der Waals surface area contributed by atoms with Crippen molar-refractivity contribution < 1.29 is 8.78 Å². The third-order valence-electron chi connectivity index (χ3n) is 4.76. The summed E-state index contributed by atoms with van der Waals surface area (Å²) < 4.78 is 32.0. The van der Waals surface area contributed by atoms with Crippen molar-refractivity contribution in [3.05, 3.63) is 49.1 Å². The number of aromatic amines is 1. The molecule has 0 spiro atoms. The van der Waals surface area contributed by atoms with E-state index in [1.54, 1.807) is 16.8 Å². The molecule has 0 radical (unpaired) electrons. The van der Waals surface area contributed by atoms with Gasteiger partial charge in [0.05, 0.1) is 12.7 Å². The molecule has 0 aromatic carbocycles. The largest absolute Gasteiger partial charge is 0.348 e. The van der Waals surface area contributed by atoms with Gasteiger partial charge in [0.2, 0.25) is 0 Å². The first-order chi connectivity index (χ1) is 12.6. The van der Waals surface area contributed by atoms with E-state index >= 15 is 0 Å². The van der Waals surface area contributed by atoms with Gasteiger partial charge in [0.1, 0.15) is 9.22 Å². The van der Waals surface area contributed by atoms with Gasteiger partial charge in [-0.15, -0.1) is 5.10 Å². The van der Waals surface area contributed by atoms with E-state index in [1.165, 1.54) is 35.6 Å². The Kier molecular flexibility index (Phi) is 3.91. The second-order valence-corrected chi connectivity index (χ2v) is 8.23. The lowest BCUT2D eigenvalue weighted by Crippen LogP contribution is -2.34. The highest BCUT2D eigenvalue weighted by Crippen LogP contribution is 2.44. The number of alkyl halides is 2. The van der Waals surface area contributed by atoms with Crippen LogP contribution in [-0.2, 0) is 0 Å². The van der Waals surface area contributed by atoms with Gasteiger partial charge < -0.3 is 4.90 Å². The topological polar surface area (TPSA) is 88.3 Å². The maximum absolute atomic E-state index is 14.3. The number of nitrogens with one attached hydrogen (secondary N) is 1. The quantitative estimate of drug-likeness (QED) is 0.555. The predicted octanol–water partition coefficient (Wildman–Crippen LogP) is 1.65. The molecule has 3 aromatic rings. The number of nitrogens with zero attached hydrogens (tertiary/aromatic N) is 5. The minimum Gasteiger partial charge on any atom is -0.348 e. The number of hydrogen-bond donors (Lipinski definition) is 1. The minimum atomic E-state index is -2.85. The molecular weight excluding hydrogens is 473 g/mol. The summed E-state index contributed by atoms with van der Waals surface area (Å²) in [6, 6.07) is 2.80. The van der Waals surface area contributed by atoms with Crippen molar-refractivity contribution in [2.24, 2.45) is 5.41 Å². The average Bonchev–Trinajstić information content (AvgIpc) is 3.07. The lowest BCUT2D eigenvalue weighted by molar-refractivity contribution is -0.0642. The first-order valence-electron chi connectivity index (χ1n) is 8.08. The van der Waals surface area contributed by atoms with Crippen LogP contribution in [-0.4, -0.2) is 43.2 Å². The van der Waals surface area contributed by atoms with Crippen LogP contribution in [0.4, 0.5) is 14.6 Å². The molecule has 0 atom stereocenters. The van der Waals surface area contributed by atoms with Crippen molar-refractivity contribution in [3.8, 4) is 5.82 Å². The maximum atomic E-state index is 14.3. The standard InChI is InChI=1S/C16H15F2IN6O2/c1-15(2)7-23(8-16(15,17)18)13-9-5-11(22-25(9)10(19)6-20-13)24-4-3-12(26)21-14(24)27/h3-6H,7-8H2,1-2H3,(H,21,26,27). The zero-order chi connectivity index (χ0) is 19.6. The molecule has 0 bridgehead atoms. The van der Waals surface area contributed by atoms with E-state index in [4.69, 9.17) is 0 Å². The molecule has 0 amide bonds. The molecule has 11 heteroatoms. The van der Waals surface area contributed by atoms with Crippen LogP contribution in [0.15, 0.2) is 34.1 Å². The van der Waals surface area contributed by atoms with Gasteiger partial charge in [-0.2, -0.15) is 0 Å².